The van der Waals surface area contributed by atoms with Crippen LogP contribution in [0.15, 0.2) is 97.1 Å². The van der Waals surface area contributed by atoms with Gasteiger partial charge < -0.3 is 4.90 Å². The third-order valence-corrected chi connectivity index (χ3v) is 6.25. The zero-order valence-corrected chi connectivity index (χ0v) is 18.7. The summed E-state index contributed by atoms with van der Waals surface area (Å²) in [4.78, 5) is 30.3. The summed E-state index contributed by atoms with van der Waals surface area (Å²) in [6, 6.07) is 15.4. The second kappa shape index (κ2) is 8.83. The van der Waals surface area contributed by atoms with Crippen LogP contribution in [0.1, 0.15) is 18.1 Å². The van der Waals surface area contributed by atoms with Crippen molar-refractivity contribution in [1.82, 2.24) is 0 Å². The average molecular weight is 425 g/mol. The van der Waals surface area contributed by atoms with Gasteiger partial charge in [0.25, 0.3) is 5.91 Å². The molecule has 0 bridgehead atoms. The van der Waals surface area contributed by atoms with E-state index in [2.05, 4.69) is 6.58 Å². The first-order valence-electron chi connectivity index (χ1n) is 10.9. The molecular formula is C28H28N2O2. The number of benzene rings is 2. The van der Waals surface area contributed by atoms with Crippen molar-refractivity contribution in [1.29, 1.82) is 0 Å². The van der Waals surface area contributed by atoms with Crippen molar-refractivity contribution in [2.75, 3.05) is 9.80 Å². The Hall–Kier alpha value is -3.66. The molecule has 0 aromatic heterocycles. The van der Waals surface area contributed by atoms with Gasteiger partial charge in [-0.1, -0.05) is 79.4 Å². The standard InChI is InChI=1S/C28H28N2O2/c1-5-7-15-21-25(29(27(21)31)23-17-11-9-13-19(23)3)26-22(16-8-6-2)28(32)30(26)24-18-12-10-14-20(24)4/h5-18,21,25-26H,1H2,2-4H3/b8-6+,15-7+,22-16-. The Bertz CT molecular complexity index is 1160. The van der Waals surface area contributed by atoms with Gasteiger partial charge in [0.15, 0.2) is 0 Å². The highest BCUT2D eigenvalue weighted by Crippen LogP contribution is 2.46. The highest BCUT2D eigenvalue weighted by molar-refractivity contribution is 6.18. The van der Waals surface area contributed by atoms with Crippen molar-refractivity contribution < 1.29 is 9.59 Å². The number of aryl methyl sites for hydroxylation is 2. The van der Waals surface area contributed by atoms with E-state index in [0.29, 0.717) is 0 Å². The second-order valence-corrected chi connectivity index (χ2v) is 8.19. The van der Waals surface area contributed by atoms with Crippen molar-refractivity contribution in [3.05, 3.63) is 108 Å². The molecule has 2 heterocycles. The molecule has 0 aliphatic carbocycles. The van der Waals surface area contributed by atoms with Gasteiger partial charge in [-0.05, 0) is 44.0 Å². The Labute approximate surface area is 189 Å². The number of nitrogens with zero attached hydrogens (tertiary/aromatic N) is 2. The third-order valence-electron chi connectivity index (χ3n) is 6.25. The molecule has 32 heavy (non-hydrogen) atoms. The fourth-order valence-corrected chi connectivity index (χ4v) is 4.64. The summed E-state index contributed by atoms with van der Waals surface area (Å²) < 4.78 is 0. The Balaban J connectivity index is 1.84. The molecule has 2 aliphatic heterocycles. The molecule has 2 aromatic carbocycles. The van der Waals surface area contributed by atoms with Crippen LogP contribution in [0.25, 0.3) is 0 Å². The van der Waals surface area contributed by atoms with Crippen LogP contribution in [0.5, 0.6) is 0 Å². The molecule has 2 amide bonds. The highest BCUT2D eigenvalue weighted by atomic mass is 16.2. The molecule has 0 spiro atoms. The van der Waals surface area contributed by atoms with Gasteiger partial charge in [-0.2, -0.15) is 0 Å². The molecular weight excluding hydrogens is 396 g/mol. The molecule has 4 nitrogen and oxygen atoms in total. The fourth-order valence-electron chi connectivity index (χ4n) is 4.64. The number of amides is 2. The zero-order chi connectivity index (χ0) is 22.8. The number of hydrogen-bond donors (Lipinski definition) is 0. The number of hydrogen-bond acceptors (Lipinski definition) is 2. The first-order valence-corrected chi connectivity index (χ1v) is 10.9. The van der Waals surface area contributed by atoms with Gasteiger partial charge in [0, 0.05) is 16.9 Å². The second-order valence-electron chi connectivity index (χ2n) is 8.19. The Morgan fingerprint density at radius 1 is 0.875 bits per heavy atom. The first-order chi connectivity index (χ1) is 15.5. The van der Waals surface area contributed by atoms with Crippen LogP contribution >= 0.6 is 0 Å². The molecule has 2 fully saturated rings. The summed E-state index contributed by atoms with van der Waals surface area (Å²) >= 11 is 0. The number of carbonyl (C=O) groups is 2. The van der Waals surface area contributed by atoms with Crippen LogP contribution in [0.4, 0.5) is 11.4 Å². The minimum absolute atomic E-state index is 0.0158. The molecule has 162 valence electrons. The number of para-hydroxylation sites is 2. The maximum atomic E-state index is 13.3. The molecule has 2 aromatic rings. The molecule has 0 saturated carbocycles. The van der Waals surface area contributed by atoms with Gasteiger partial charge in [-0.15, -0.1) is 0 Å². The van der Waals surface area contributed by atoms with Gasteiger partial charge in [0.1, 0.15) is 0 Å². The van der Waals surface area contributed by atoms with Crippen molar-refractivity contribution >= 4 is 23.2 Å². The van der Waals surface area contributed by atoms with E-state index in [1.54, 1.807) is 6.08 Å². The van der Waals surface area contributed by atoms with E-state index >= 15 is 0 Å². The lowest BCUT2D eigenvalue weighted by molar-refractivity contribution is -0.130. The van der Waals surface area contributed by atoms with E-state index in [9.17, 15) is 9.59 Å². The van der Waals surface area contributed by atoms with Crippen molar-refractivity contribution in [3.8, 4) is 0 Å². The summed E-state index contributed by atoms with van der Waals surface area (Å²) in [6.45, 7) is 9.70. The monoisotopic (exact) mass is 424 g/mol. The van der Waals surface area contributed by atoms with Crippen LogP contribution < -0.4 is 9.80 Å². The van der Waals surface area contributed by atoms with Crippen LogP contribution in [-0.2, 0) is 9.59 Å². The Morgan fingerprint density at radius 3 is 2.03 bits per heavy atom. The van der Waals surface area contributed by atoms with Crippen molar-refractivity contribution in [3.63, 3.8) is 0 Å². The van der Waals surface area contributed by atoms with Gasteiger partial charge in [0.05, 0.1) is 18.0 Å². The number of allylic oxidation sites excluding steroid dienone is 5. The van der Waals surface area contributed by atoms with Gasteiger partial charge in [-0.3, -0.25) is 14.5 Å². The molecule has 4 heteroatoms. The molecule has 3 atom stereocenters. The van der Waals surface area contributed by atoms with E-state index < -0.39 is 0 Å². The summed E-state index contributed by atoms with van der Waals surface area (Å²) in [7, 11) is 0. The summed E-state index contributed by atoms with van der Waals surface area (Å²) in [5, 5.41) is 0. The predicted molar refractivity (Wildman–Crippen MR) is 131 cm³/mol. The predicted octanol–water partition coefficient (Wildman–Crippen LogP) is 5.29. The summed E-state index contributed by atoms with van der Waals surface area (Å²) in [5.41, 5.74) is 4.56. The molecule has 0 N–H and O–H groups in total. The van der Waals surface area contributed by atoms with E-state index in [-0.39, 0.29) is 29.8 Å². The number of carbonyl (C=O) groups excluding carboxylic acids is 2. The lowest BCUT2D eigenvalue weighted by Crippen LogP contribution is -2.74. The van der Waals surface area contributed by atoms with Crippen LogP contribution in [0, 0.1) is 19.8 Å². The van der Waals surface area contributed by atoms with Gasteiger partial charge in [0.2, 0.25) is 5.91 Å². The SMILES string of the molecule is C=C/C=C/C1C(=O)N(c2ccccc2C)C1C1/C(=C/C=C/C)C(=O)N1c1ccccc1C. The van der Waals surface area contributed by atoms with Gasteiger partial charge >= 0.3 is 0 Å². The van der Waals surface area contributed by atoms with Gasteiger partial charge in [-0.25, -0.2) is 0 Å². The molecule has 2 aliphatic rings. The molecule has 4 rings (SSSR count). The topological polar surface area (TPSA) is 40.6 Å². The van der Waals surface area contributed by atoms with E-state index in [1.807, 2.05) is 109 Å². The number of anilines is 2. The molecule has 3 unspecified atom stereocenters. The maximum absolute atomic E-state index is 13.3. The van der Waals surface area contributed by atoms with Crippen molar-refractivity contribution in [2.24, 2.45) is 5.92 Å². The Kier molecular flexibility index (Phi) is 5.95. The number of rotatable bonds is 6. The maximum Gasteiger partial charge on any atom is 0.257 e. The normalized spacial score (nSPS) is 24.3. The van der Waals surface area contributed by atoms with Crippen LogP contribution in [0.3, 0.4) is 0 Å². The fraction of sp³-hybridized carbons (Fsp3) is 0.214. The minimum Gasteiger partial charge on any atom is -0.305 e. The zero-order valence-electron chi connectivity index (χ0n) is 18.7. The largest absolute Gasteiger partial charge is 0.305 e. The molecule has 0 radical (unpaired) electrons. The lowest BCUT2D eigenvalue weighted by atomic mass is 9.73. The summed E-state index contributed by atoms with van der Waals surface area (Å²) in [6.07, 6.45) is 11.1. The highest BCUT2D eigenvalue weighted by Gasteiger charge is 2.59. The smallest absolute Gasteiger partial charge is 0.257 e. The summed E-state index contributed by atoms with van der Waals surface area (Å²) in [5.74, 6) is -0.305. The van der Waals surface area contributed by atoms with E-state index in [0.717, 1.165) is 28.1 Å². The molecule has 2 saturated heterocycles. The lowest BCUT2D eigenvalue weighted by Gasteiger charge is -2.57. The quantitative estimate of drug-likeness (QED) is 0.359. The Morgan fingerprint density at radius 2 is 1.47 bits per heavy atom. The first kappa shape index (κ1) is 21.6. The van der Waals surface area contributed by atoms with E-state index in [4.69, 9.17) is 0 Å². The van der Waals surface area contributed by atoms with E-state index in [1.165, 1.54) is 0 Å². The van der Waals surface area contributed by atoms with Crippen LogP contribution in [0.2, 0.25) is 0 Å². The number of β-lactam (4-membered cyclic amide) rings is 2. The van der Waals surface area contributed by atoms with Crippen molar-refractivity contribution in [2.45, 2.75) is 32.9 Å². The average Bonchev–Trinajstić information content (AvgIpc) is 2.79. The minimum atomic E-state index is -0.328. The third kappa shape index (κ3) is 3.42. The van der Waals surface area contributed by atoms with Crippen LogP contribution in [-0.4, -0.2) is 23.9 Å².